The summed E-state index contributed by atoms with van der Waals surface area (Å²) in [6.07, 6.45) is 0.156. The van der Waals surface area contributed by atoms with E-state index in [0.717, 1.165) is 26.2 Å². The van der Waals surface area contributed by atoms with Gasteiger partial charge in [-0.2, -0.15) is 0 Å². The molecule has 0 radical (unpaired) electrons. The summed E-state index contributed by atoms with van der Waals surface area (Å²) in [6.45, 7) is 18.0. The van der Waals surface area contributed by atoms with Crippen molar-refractivity contribution < 1.29 is 4.43 Å². The molecule has 1 aromatic carbocycles. The molecule has 3 nitrogen and oxygen atoms in total. The normalized spacial score (nSPS) is 18.4. The maximum absolute atomic E-state index is 6.54. The number of rotatable bonds is 4. The molecule has 4 heteroatoms. The Kier molecular flexibility index (Phi) is 5.36. The van der Waals surface area contributed by atoms with Crippen LogP contribution in [0.2, 0.25) is 18.1 Å². The van der Waals surface area contributed by atoms with Crippen LogP contribution in [-0.2, 0) is 4.43 Å². The van der Waals surface area contributed by atoms with Crippen LogP contribution in [0.15, 0.2) is 24.3 Å². The van der Waals surface area contributed by atoms with Crippen LogP contribution in [0.5, 0.6) is 0 Å². The van der Waals surface area contributed by atoms with E-state index in [9.17, 15) is 0 Å². The van der Waals surface area contributed by atoms with Crippen LogP contribution < -0.4 is 10.2 Å². The molecule has 0 amide bonds. The highest BCUT2D eigenvalue weighted by molar-refractivity contribution is 6.74. The Morgan fingerprint density at radius 3 is 2.41 bits per heavy atom. The predicted molar refractivity (Wildman–Crippen MR) is 98.2 cm³/mol. The maximum Gasteiger partial charge on any atom is 0.192 e. The zero-order valence-electron chi connectivity index (χ0n) is 15.1. The number of benzene rings is 1. The summed E-state index contributed by atoms with van der Waals surface area (Å²) in [5, 5.41) is 3.66. The van der Waals surface area contributed by atoms with Gasteiger partial charge in [0.25, 0.3) is 0 Å². The highest BCUT2D eigenvalue weighted by Crippen LogP contribution is 2.39. The Morgan fingerprint density at radius 2 is 1.82 bits per heavy atom. The van der Waals surface area contributed by atoms with Crippen molar-refractivity contribution in [2.75, 3.05) is 31.1 Å². The first-order valence-corrected chi connectivity index (χ1v) is 11.3. The molecule has 0 spiro atoms. The fourth-order valence-corrected chi connectivity index (χ4v) is 3.96. The van der Waals surface area contributed by atoms with Crippen LogP contribution in [-0.4, -0.2) is 34.5 Å². The quantitative estimate of drug-likeness (QED) is 0.842. The lowest BCUT2D eigenvalue weighted by molar-refractivity contribution is 0.203. The summed E-state index contributed by atoms with van der Waals surface area (Å²) in [7, 11) is -1.73. The molecule has 1 aliphatic rings. The number of hydrogen-bond donors (Lipinski definition) is 1. The second kappa shape index (κ2) is 6.73. The summed E-state index contributed by atoms with van der Waals surface area (Å²) >= 11 is 0. The molecular weight excluding hydrogens is 288 g/mol. The summed E-state index contributed by atoms with van der Waals surface area (Å²) < 4.78 is 6.54. The molecule has 0 aromatic heterocycles. The maximum atomic E-state index is 6.54. The molecule has 0 bridgehead atoms. The van der Waals surface area contributed by atoms with Crippen LogP contribution in [0.25, 0.3) is 0 Å². The first kappa shape index (κ1) is 17.5. The Balaban J connectivity index is 2.11. The second-order valence-corrected chi connectivity index (χ2v) is 12.6. The van der Waals surface area contributed by atoms with Crippen molar-refractivity contribution in [2.45, 2.75) is 51.9 Å². The number of piperazine rings is 1. The zero-order valence-corrected chi connectivity index (χ0v) is 16.1. The lowest BCUT2D eigenvalue weighted by atomic mass is 10.1. The Hall–Kier alpha value is -0.843. The van der Waals surface area contributed by atoms with Gasteiger partial charge in [0.15, 0.2) is 8.32 Å². The molecule has 0 saturated carbocycles. The molecule has 124 valence electrons. The highest BCUT2D eigenvalue weighted by atomic mass is 28.4. The summed E-state index contributed by atoms with van der Waals surface area (Å²) in [5.74, 6) is 0. The molecule has 1 aromatic rings. The van der Waals surface area contributed by atoms with Gasteiger partial charge in [0.1, 0.15) is 0 Å². The van der Waals surface area contributed by atoms with Crippen LogP contribution >= 0.6 is 0 Å². The molecule has 1 saturated heterocycles. The average Bonchev–Trinajstić information content (AvgIpc) is 2.47. The summed E-state index contributed by atoms with van der Waals surface area (Å²) in [6, 6.07) is 8.89. The van der Waals surface area contributed by atoms with E-state index in [1.54, 1.807) is 0 Å². The number of anilines is 1. The SMILES string of the molecule is C[C@@H](O[Si](C)(C)C(C)(C)C)c1cccc(N2CCNCC2)c1. The number of nitrogens with zero attached hydrogens (tertiary/aromatic N) is 1. The molecular formula is C18H32N2OSi. The van der Waals surface area contributed by atoms with Crippen molar-refractivity contribution >= 4 is 14.0 Å². The molecule has 0 unspecified atom stereocenters. The molecule has 2 rings (SSSR count). The zero-order chi connectivity index (χ0) is 16.4. The Bertz CT molecular complexity index is 490. The van der Waals surface area contributed by atoms with Crippen LogP contribution in [0, 0.1) is 0 Å². The van der Waals surface area contributed by atoms with Gasteiger partial charge in [-0.25, -0.2) is 0 Å². The second-order valence-electron chi connectivity index (χ2n) is 7.85. The fourth-order valence-electron chi connectivity index (χ4n) is 2.58. The van der Waals surface area contributed by atoms with Gasteiger partial charge >= 0.3 is 0 Å². The van der Waals surface area contributed by atoms with Gasteiger partial charge in [0.05, 0.1) is 6.10 Å². The topological polar surface area (TPSA) is 24.5 Å². The van der Waals surface area contributed by atoms with Gasteiger partial charge in [-0.15, -0.1) is 0 Å². The predicted octanol–water partition coefficient (Wildman–Crippen LogP) is 4.18. The number of nitrogens with one attached hydrogen (secondary N) is 1. The van der Waals surface area contributed by atoms with Crippen molar-refractivity contribution in [3.63, 3.8) is 0 Å². The Morgan fingerprint density at radius 1 is 1.18 bits per heavy atom. The van der Waals surface area contributed by atoms with Crippen molar-refractivity contribution in [2.24, 2.45) is 0 Å². The van der Waals surface area contributed by atoms with E-state index in [0.29, 0.717) is 0 Å². The minimum absolute atomic E-state index is 0.156. The first-order chi connectivity index (χ1) is 10.2. The van der Waals surface area contributed by atoms with E-state index in [1.807, 2.05) is 0 Å². The van der Waals surface area contributed by atoms with E-state index < -0.39 is 8.32 Å². The number of hydrogen-bond acceptors (Lipinski definition) is 3. The summed E-state index contributed by atoms with van der Waals surface area (Å²) in [4.78, 5) is 2.46. The van der Waals surface area contributed by atoms with Crippen molar-refractivity contribution in [3.8, 4) is 0 Å². The van der Waals surface area contributed by atoms with Gasteiger partial charge in [0, 0.05) is 31.9 Å². The van der Waals surface area contributed by atoms with Gasteiger partial charge in [-0.05, 0) is 42.8 Å². The van der Waals surface area contributed by atoms with E-state index >= 15 is 0 Å². The van der Waals surface area contributed by atoms with E-state index in [1.165, 1.54) is 11.3 Å². The largest absolute Gasteiger partial charge is 0.410 e. The van der Waals surface area contributed by atoms with Gasteiger partial charge in [0.2, 0.25) is 0 Å². The highest BCUT2D eigenvalue weighted by Gasteiger charge is 2.38. The Labute approximate surface area is 137 Å². The fraction of sp³-hybridized carbons (Fsp3) is 0.667. The van der Waals surface area contributed by atoms with Crippen LogP contribution in [0.1, 0.15) is 39.4 Å². The molecule has 1 atom stereocenters. The van der Waals surface area contributed by atoms with Crippen molar-refractivity contribution in [1.82, 2.24) is 5.32 Å². The lowest BCUT2D eigenvalue weighted by Crippen LogP contribution is -2.43. The average molecular weight is 321 g/mol. The molecule has 1 fully saturated rings. The van der Waals surface area contributed by atoms with Gasteiger partial charge in [-0.1, -0.05) is 32.9 Å². The monoisotopic (exact) mass is 320 g/mol. The molecule has 1 N–H and O–H groups in total. The van der Waals surface area contributed by atoms with E-state index in [-0.39, 0.29) is 11.1 Å². The van der Waals surface area contributed by atoms with Gasteiger partial charge < -0.3 is 14.6 Å². The lowest BCUT2D eigenvalue weighted by Gasteiger charge is -2.38. The van der Waals surface area contributed by atoms with Gasteiger partial charge in [-0.3, -0.25) is 0 Å². The third kappa shape index (κ3) is 4.12. The smallest absolute Gasteiger partial charge is 0.192 e. The van der Waals surface area contributed by atoms with Crippen molar-refractivity contribution in [3.05, 3.63) is 29.8 Å². The molecule has 1 heterocycles. The third-order valence-electron chi connectivity index (χ3n) is 5.10. The third-order valence-corrected chi connectivity index (χ3v) is 9.65. The van der Waals surface area contributed by atoms with E-state index in [2.05, 4.69) is 75.3 Å². The van der Waals surface area contributed by atoms with Crippen molar-refractivity contribution in [1.29, 1.82) is 0 Å². The minimum Gasteiger partial charge on any atom is -0.410 e. The molecule has 1 aliphatic heterocycles. The standard InChI is InChI=1S/C18H32N2OSi/c1-15(21-22(5,6)18(2,3)4)16-8-7-9-17(14-16)20-12-10-19-11-13-20/h7-9,14-15,19H,10-13H2,1-6H3/t15-/m1/s1. The van der Waals surface area contributed by atoms with E-state index in [4.69, 9.17) is 4.43 Å². The van der Waals surface area contributed by atoms with Crippen LogP contribution in [0.3, 0.4) is 0 Å². The molecule has 0 aliphatic carbocycles. The summed E-state index contributed by atoms with van der Waals surface area (Å²) in [5.41, 5.74) is 2.62. The minimum atomic E-state index is -1.73. The van der Waals surface area contributed by atoms with Crippen LogP contribution in [0.4, 0.5) is 5.69 Å². The first-order valence-electron chi connectivity index (χ1n) is 8.44. The molecule has 22 heavy (non-hydrogen) atoms.